The molecule has 23 heavy (non-hydrogen) atoms. The molecule has 1 aliphatic carbocycles. The van der Waals surface area contributed by atoms with Gasteiger partial charge in [-0.05, 0) is 50.6 Å². The van der Waals surface area contributed by atoms with E-state index in [2.05, 4.69) is 24.5 Å². The summed E-state index contributed by atoms with van der Waals surface area (Å²) in [6.07, 6.45) is 6.21. The fourth-order valence-corrected chi connectivity index (χ4v) is 5.22. The molecule has 2 N–H and O–H groups in total. The summed E-state index contributed by atoms with van der Waals surface area (Å²) in [5.74, 6) is 0.967. The third-order valence-corrected chi connectivity index (χ3v) is 7.54. The molecular weight excluding hydrogens is 336 g/mol. The zero-order valence-electron chi connectivity index (χ0n) is 14.4. The summed E-state index contributed by atoms with van der Waals surface area (Å²) < 4.78 is 23.3. The number of carbonyl (C=O) groups is 1. The second-order valence-electron chi connectivity index (χ2n) is 7.36. The van der Waals surface area contributed by atoms with Gasteiger partial charge in [-0.15, -0.1) is 12.4 Å². The van der Waals surface area contributed by atoms with Gasteiger partial charge in [0, 0.05) is 12.3 Å². The first-order valence-electron chi connectivity index (χ1n) is 8.47. The molecule has 2 fully saturated rings. The van der Waals surface area contributed by atoms with Crippen LogP contribution in [0.15, 0.2) is 0 Å². The van der Waals surface area contributed by atoms with E-state index >= 15 is 0 Å². The molecule has 2 aliphatic rings. The quantitative estimate of drug-likeness (QED) is 0.796. The van der Waals surface area contributed by atoms with Crippen LogP contribution in [0, 0.1) is 11.8 Å². The highest BCUT2D eigenvalue weighted by molar-refractivity contribution is 7.92. The van der Waals surface area contributed by atoms with Crippen molar-refractivity contribution in [3.05, 3.63) is 0 Å². The third-order valence-electron chi connectivity index (χ3n) is 5.53. The smallest absolute Gasteiger partial charge is 0.241 e. The summed E-state index contributed by atoms with van der Waals surface area (Å²) in [5, 5.41) is 6.22. The molecule has 1 amide bonds. The fraction of sp³-hybridized carbons (Fsp3) is 0.938. The second kappa shape index (κ2) is 8.17. The number of halogens is 1. The highest BCUT2D eigenvalue weighted by Gasteiger charge is 2.49. The van der Waals surface area contributed by atoms with E-state index in [0.717, 1.165) is 19.3 Å². The zero-order valence-corrected chi connectivity index (χ0v) is 16.1. The van der Waals surface area contributed by atoms with Crippen molar-refractivity contribution in [2.45, 2.75) is 63.2 Å². The molecular formula is C16H31ClN2O3S. The Labute approximate surface area is 146 Å². The Morgan fingerprint density at radius 1 is 1.22 bits per heavy atom. The van der Waals surface area contributed by atoms with Crippen molar-refractivity contribution < 1.29 is 13.2 Å². The van der Waals surface area contributed by atoms with Crippen molar-refractivity contribution in [3.63, 3.8) is 0 Å². The van der Waals surface area contributed by atoms with Crippen LogP contribution in [0.5, 0.6) is 0 Å². The van der Waals surface area contributed by atoms with E-state index in [1.54, 1.807) is 0 Å². The van der Waals surface area contributed by atoms with Gasteiger partial charge in [0.05, 0.1) is 0 Å². The van der Waals surface area contributed by atoms with Crippen molar-refractivity contribution >= 4 is 28.2 Å². The van der Waals surface area contributed by atoms with Crippen LogP contribution in [0.25, 0.3) is 0 Å². The van der Waals surface area contributed by atoms with Crippen LogP contribution < -0.4 is 10.6 Å². The Morgan fingerprint density at radius 3 is 2.35 bits per heavy atom. The minimum absolute atomic E-state index is 0. The molecule has 7 heteroatoms. The predicted octanol–water partition coefficient (Wildman–Crippen LogP) is 1.91. The number of piperidine rings is 1. The number of amides is 1. The molecule has 1 heterocycles. The third kappa shape index (κ3) is 4.60. The molecule has 1 aliphatic heterocycles. The molecule has 2 atom stereocenters. The normalized spacial score (nSPS) is 28.0. The average Bonchev–Trinajstić information content (AvgIpc) is 2.47. The van der Waals surface area contributed by atoms with E-state index in [-0.39, 0.29) is 24.4 Å². The highest BCUT2D eigenvalue weighted by atomic mass is 35.5. The molecule has 0 radical (unpaired) electrons. The van der Waals surface area contributed by atoms with E-state index in [1.165, 1.54) is 12.7 Å². The maximum absolute atomic E-state index is 12.8. The number of hydrogen-bond donors (Lipinski definition) is 2. The lowest BCUT2D eigenvalue weighted by atomic mass is 9.79. The van der Waals surface area contributed by atoms with Crippen LogP contribution in [-0.2, 0) is 14.6 Å². The van der Waals surface area contributed by atoms with E-state index in [9.17, 15) is 13.2 Å². The van der Waals surface area contributed by atoms with Gasteiger partial charge < -0.3 is 10.6 Å². The van der Waals surface area contributed by atoms with Gasteiger partial charge in [-0.25, -0.2) is 8.42 Å². The maximum Gasteiger partial charge on any atom is 0.241 e. The minimum Gasteiger partial charge on any atom is -0.352 e. The molecule has 0 spiro atoms. The van der Waals surface area contributed by atoms with Crippen molar-refractivity contribution in [1.82, 2.24) is 10.6 Å². The summed E-state index contributed by atoms with van der Waals surface area (Å²) in [6.45, 7) is 5.61. The van der Waals surface area contributed by atoms with Crippen LogP contribution in [0.1, 0.15) is 52.4 Å². The van der Waals surface area contributed by atoms with E-state index in [1.807, 2.05) is 0 Å². The van der Waals surface area contributed by atoms with Gasteiger partial charge in [-0.1, -0.05) is 26.7 Å². The van der Waals surface area contributed by atoms with Crippen LogP contribution >= 0.6 is 12.4 Å². The molecule has 1 saturated heterocycles. The molecule has 0 aromatic rings. The van der Waals surface area contributed by atoms with Crippen molar-refractivity contribution in [3.8, 4) is 0 Å². The average molecular weight is 367 g/mol. The molecule has 2 unspecified atom stereocenters. The van der Waals surface area contributed by atoms with Crippen LogP contribution in [-0.4, -0.2) is 44.5 Å². The lowest BCUT2D eigenvalue weighted by Crippen LogP contribution is -2.59. The summed E-state index contributed by atoms with van der Waals surface area (Å²) in [7, 11) is -3.42. The molecule has 1 saturated carbocycles. The number of carbonyl (C=O) groups excluding carboxylic acids is 1. The standard InChI is InChI=1S/C16H30N2O3S.ClH/c1-12(2)13-5-4-6-14(11-13)18-15(19)16(22(3,20)21)7-9-17-10-8-16;/h12-14,17H,4-11H2,1-3H3,(H,18,19);1H. The first-order chi connectivity index (χ1) is 10.3. The SMILES string of the molecule is CC(C)C1CCCC(NC(=O)C2(S(C)(=O)=O)CCNCC2)C1.Cl. The lowest BCUT2D eigenvalue weighted by Gasteiger charge is -2.38. The molecule has 5 nitrogen and oxygen atoms in total. The first-order valence-corrected chi connectivity index (χ1v) is 10.4. The maximum atomic E-state index is 12.8. The van der Waals surface area contributed by atoms with E-state index < -0.39 is 14.6 Å². The summed E-state index contributed by atoms with van der Waals surface area (Å²) in [6, 6.07) is 0.127. The summed E-state index contributed by atoms with van der Waals surface area (Å²) in [5.41, 5.74) is 0. The number of rotatable bonds is 4. The Kier molecular flexibility index (Phi) is 7.36. The van der Waals surface area contributed by atoms with Gasteiger partial charge in [0.15, 0.2) is 14.6 Å². The molecule has 0 bridgehead atoms. The van der Waals surface area contributed by atoms with Crippen LogP contribution in [0.3, 0.4) is 0 Å². The monoisotopic (exact) mass is 366 g/mol. The fourth-order valence-electron chi connectivity index (χ4n) is 3.88. The largest absolute Gasteiger partial charge is 0.352 e. The number of hydrogen-bond acceptors (Lipinski definition) is 4. The van der Waals surface area contributed by atoms with E-state index in [4.69, 9.17) is 0 Å². The summed E-state index contributed by atoms with van der Waals surface area (Å²) in [4.78, 5) is 12.8. The predicted molar refractivity (Wildman–Crippen MR) is 95.7 cm³/mol. The molecule has 136 valence electrons. The van der Waals surface area contributed by atoms with Crippen LogP contribution in [0.4, 0.5) is 0 Å². The van der Waals surface area contributed by atoms with Gasteiger partial charge in [0.1, 0.15) is 0 Å². The zero-order chi connectivity index (χ0) is 16.4. The first kappa shape index (κ1) is 20.7. The van der Waals surface area contributed by atoms with Crippen molar-refractivity contribution in [2.75, 3.05) is 19.3 Å². The van der Waals surface area contributed by atoms with Crippen LogP contribution in [0.2, 0.25) is 0 Å². The van der Waals surface area contributed by atoms with E-state index in [0.29, 0.717) is 37.8 Å². The van der Waals surface area contributed by atoms with Crippen molar-refractivity contribution in [2.24, 2.45) is 11.8 Å². The van der Waals surface area contributed by atoms with Gasteiger partial charge in [0.2, 0.25) is 5.91 Å². The number of nitrogens with one attached hydrogen (secondary N) is 2. The van der Waals surface area contributed by atoms with Gasteiger partial charge in [-0.3, -0.25) is 4.79 Å². The van der Waals surface area contributed by atoms with Gasteiger partial charge in [-0.2, -0.15) is 0 Å². The summed E-state index contributed by atoms with van der Waals surface area (Å²) >= 11 is 0. The topological polar surface area (TPSA) is 75.3 Å². The molecule has 0 aromatic carbocycles. The Bertz CT molecular complexity index is 501. The number of sulfone groups is 1. The second-order valence-corrected chi connectivity index (χ2v) is 9.68. The highest BCUT2D eigenvalue weighted by Crippen LogP contribution is 2.32. The molecule has 2 rings (SSSR count). The Balaban J connectivity index is 0.00000264. The van der Waals surface area contributed by atoms with Crippen molar-refractivity contribution in [1.29, 1.82) is 0 Å². The Morgan fingerprint density at radius 2 is 1.83 bits per heavy atom. The lowest BCUT2D eigenvalue weighted by molar-refractivity contribution is -0.125. The van der Waals surface area contributed by atoms with Gasteiger partial charge >= 0.3 is 0 Å². The van der Waals surface area contributed by atoms with Gasteiger partial charge in [0.25, 0.3) is 0 Å². The molecule has 0 aromatic heterocycles. The minimum atomic E-state index is -3.42. The Hall–Kier alpha value is -0.330.